The second kappa shape index (κ2) is 36.3. The molecule has 0 radical (unpaired) electrons. The standard InChI is InChI=1S/C64H95N13O18S2/c1-5-34(2)55(72-50(83)26-65)61(91)68-27-51(84)70-45-33-97(94)63-42(23-38(30-78)69-62(92)56(35(3)47(81)31-79)73-60(90)46-24-39(80)29-76(46)64(93)44(25-49(66)82)71-59(45)89)41-14-15-48(95-4)43(57(41)74-63)32-96-40-18-21-75(22-19-40)52(85)9-7-6-8-20-67-58(88)37-12-10-36(11-13-37)28-77-53(86)16-17-54(77)87/h14-17,34-40,44-47,55-56,74,78-81H,5-13,18-33,65H2,1-4H3,(H2,66,82)(H,67,88)(H,68,91)(H,69,92)(H,70,84)(H,71,89)(H,72,83)(H,73,90)/t34-,35-,36?,37?,38-,39+,44-,45-,46-,47-,55-,56-,97?/m0/s1. The fourth-order valence-electron chi connectivity index (χ4n) is 12.9. The normalized spacial score (nSPS) is 25.1. The van der Waals surface area contributed by atoms with Crippen LogP contribution in [0, 0.1) is 23.7 Å². The Morgan fingerprint density at radius 3 is 2.22 bits per heavy atom. The predicted octanol–water partition coefficient (Wildman–Crippen LogP) is -3.16. The Labute approximate surface area is 569 Å². The summed E-state index contributed by atoms with van der Waals surface area (Å²) in [5, 5.41) is 61.4. The Bertz CT molecular complexity index is 3250. The van der Waals surface area contributed by atoms with Crippen LogP contribution in [-0.4, -0.2) is 241 Å². The van der Waals surface area contributed by atoms with Crippen molar-refractivity contribution >= 4 is 104 Å². The maximum atomic E-state index is 15.4. The van der Waals surface area contributed by atoms with E-state index in [9.17, 15) is 78.0 Å². The Hall–Kier alpha value is -7.56. The second-order valence-corrected chi connectivity index (χ2v) is 28.5. The number of thioether (sulfide) groups is 1. The van der Waals surface area contributed by atoms with Crippen LogP contribution in [0.1, 0.15) is 115 Å². The van der Waals surface area contributed by atoms with Gasteiger partial charge in [-0.05, 0) is 87.3 Å². The number of rotatable bonds is 27. The van der Waals surface area contributed by atoms with Crippen LogP contribution in [0.3, 0.4) is 0 Å². The number of unbranched alkanes of at least 4 members (excludes halogenated alkanes) is 2. The van der Waals surface area contributed by atoms with Gasteiger partial charge < -0.3 is 88.6 Å². The number of hydrogen-bond acceptors (Lipinski definition) is 20. The molecule has 1 aromatic heterocycles. The molecule has 1 aliphatic carbocycles. The topological polar surface area (TPSA) is 474 Å². The summed E-state index contributed by atoms with van der Waals surface area (Å²) in [6.45, 7) is 3.34. The highest BCUT2D eigenvalue weighted by Gasteiger charge is 2.45. The minimum absolute atomic E-state index is 0.00521. The molecule has 0 spiro atoms. The summed E-state index contributed by atoms with van der Waals surface area (Å²) in [6, 6.07) is -5.99. The van der Waals surface area contributed by atoms with Crippen LogP contribution in [-0.2, 0) is 80.5 Å². The van der Waals surface area contributed by atoms with Crippen molar-refractivity contribution in [1.82, 2.24) is 56.9 Å². The van der Waals surface area contributed by atoms with E-state index in [1.807, 2.05) is 4.90 Å². The molecule has 97 heavy (non-hydrogen) atoms. The molecule has 1 aromatic carbocycles. The monoisotopic (exact) mass is 1400 g/mol. The summed E-state index contributed by atoms with van der Waals surface area (Å²) in [4.78, 5) is 168. The summed E-state index contributed by atoms with van der Waals surface area (Å²) in [5.41, 5.74) is 12.4. The van der Waals surface area contributed by atoms with E-state index in [1.165, 1.54) is 31.1 Å². The zero-order valence-electron chi connectivity index (χ0n) is 55.3. The number of aliphatic hydroxyl groups is 4. The number of aliphatic hydroxyl groups excluding tert-OH is 4. The zero-order valence-corrected chi connectivity index (χ0v) is 56.9. The quantitative estimate of drug-likeness (QED) is 0.0310. The molecule has 5 aliphatic rings. The highest BCUT2D eigenvalue weighted by molar-refractivity contribution is 7.99. The van der Waals surface area contributed by atoms with E-state index >= 15 is 4.21 Å². The highest BCUT2D eigenvalue weighted by atomic mass is 32.2. The van der Waals surface area contributed by atoms with Gasteiger partial charge in [0.1, 0.15) is 41.0 Å². The van der Waals surface area contributed by atoms with Gasteiger partial charge in [0, 0.05) is 91.5 Å². The first kappa shape index (κ1) is 76.8. The lowest BCUT2D eigenvalue weighted by atomic mass is 9.81. The molecule has 16 N–H and O–H groups in total. The molecule has 33 heteroatoms. The summed E-state index contributed by atoms with van der Waals surface area (Å²) >= 11 is 1.60. The van der Waals surface area contributed by atoms with E-state index < -0.39 is 170 Å². The number of H-pyrrole nitrogens is 1. The molecule has 31 nitrogen and oxygen atoms in total. The number of likely N-dealkylation sites (tertiary alicyclic amines) is 1. The summed E-state index contributed by atoms with van der Waals surface area (Å²) < 4.78 is 21.3. The van der Waals surface area contributed by atoms with E-state index in [-0.39, 0.29) is 57.7 Å². The first-order chi connectivity index (χ1) is 46.3. The number of imide groups is 1. The number of amides is 12. The van der Waals surface area contributed by atoms with Crippen molar-refractivity contribution in [2.75, 3.05) is 71.9 Å². The lowest BCUT2D eigenvalue weighted by Crippen LogP contribution is -2.61. The predicted molar refractivity (Wildman–Crippen MR) is 354 cm³/mol. The summed E-state index contributed by atoms with van der Waals surface area (Å²) in [7, 11) is -0.935. The van der Waals surface area contributed by atoms with E-state index in [0.29, 0.717) is 106 Å². The van der Waals surface area contributed by atoms with Crippen molar-refractivity contribution in [3.05, 3.63) is 35.4 Å². The average molecular weight is 1400 g/mol. The average Bonchev–Trinajstić information content (AvgIpc) is 1.63. The van der Waals surface area contributed by atoms with E-state index in [2.05, 4.69) is 42.2 Å². The van der Waals surface area contributed by atoms with E-state index in [4.69, 9.17) is 16.2 Å². The van der Waals surface area contributed by atoms with Crippen LogP contribution in [0.5, 0.6) is 5.75 Å². The highest BCUT2D eigenvalue weighted by Crippen LogP contribution is 2.38. The van der Waals surface area contributed by atoms with Gasteiger partial charge in [-0.2, -0.15) is 11.8 Å². The minimum atomic E-state index is -2.40. The van der Waals surface area contributed by atoms with Crippen molar-refractivity contribution in [3.63, 3.8) is 0 Å². The van der Waals surface area contributed by atoms with Crippen molar-refractivity contribution in [2.45, 2.75) is 175 Å². The molecule has 2 aromatic rings. The minimum Gasteiger partial charge on any atom is -0.496 e. The van der Waals surface area contributed by atoms with Crippen molar-refractivity contribution in [1.29, 1.82) is 0 Å². The third kappa shape index (κ3) is 20.5. The lowest BCUT2D eigenvalue weighted by molar-refractivity contribution is -0.144. The van der Waals surface area contributed by atoms with Gasteiger partial charge in [0.05, 0.1) is 80.2 Å². The Morgan fingerprint density at radius 2 is 1.58 bits per heavy atom. The number of carbonyl (C=O) groups excluding carboxylic acids is 12. The fourth-order valence-corrected chi connectivity index (χ4v) is 15.6. The third-order valence-electron chi connectivity index (χ3n) is 18.9. The first-order valence-electron chi connectivity index (χ1n) is 33.2. The molecule has 3 fully saturated rings. The molecule has 12 amide bonds. The van der Waals surface area contributed by atoms with Gasteiger partial charge in [0.2, 0.25) is 59.1 Å². The van der Waals surface area contributed by atoms with Crippen molar-refractivity contribution in [2.24, 2.45) is 35.1 Å². The summed E-state index contributed by atoms with van der Waals surface area (Å²) in [6.07, 6.45) is 5.10. The number of aromatic nitrogens is 1. The van der Waals surface area contributed by atoms with Crippen molar-refractivity contribution < 1.29 is 86.9 Å². The van der Waals surface area contributed by atoms with Crippen LogP contribution >= 0.6 is 11.8 Å². The Balaban J connectivity index is 1.09. The molecule has 536 valence electrons. The molecule has 5 heterocycles. The molecular weight excluding hydrogens is 1300 g/mol. The number of benzene rings is 1. The molecule has 1 saturated carbocycles. The number of nitrogens with zero attached hydrogens (tertiary/aromatic N) is 3. The number of nitrogens with one attached hydrogen (secondary N) is 8. The van der Waals surface area contributed by atoms with Gasteiger partial charge in [-0.15, -0.1) is 0 Å². The van der Waals surface area contributed by atoms with Crippen LogP contribution in [0.4, 0.5) is 0 Å². The number of hydrogen-bond donors (Lipinski definition) is 14. The SMILES string of the molecule is CC[C@H](C)[C@H](NC(=O)CN)C(=O)NCC(=O)N[C@H]1CS(=O)c2[nH]c3c(CSC4CCN(C(=O)CCCCCNC(=O)C5CCC(CN6C(=O)C=CC6=O)CC5)CC4)c(OC)ccc3c2C[C@@H](CO)NC(=O)[C@H]([C@@H](C)[C@@H](O)CO)NC(=O)[C@@H]2C[C@@H](O)CN2C(=O)[C@H](CC(N)=O)NC1=O. The molecule has 0 bridgehead atoms. The summed E-state index contributed by atoms with van der Waals surface area (Å²) in [5.74, 6) is -10.0. The van der Waals surface area contributed by atoms with Gasteiger partial charge in [-0.1, -0.05) is 33.6 Å². The molecular formula is C64H95N13O18S2. The van der Waals surface area contributed by atoms with Gasteiger partial charge in [0.15, 0.2) is 0 Å². The van der Waals surface area contributed by atoms with E-state index in [1.54, 1.807) is 37.7 Å². The number of carbonyl (C=O) groups is 12. The van der Waals surface area contributed by atoms with E-state index in [0.717, 1.165) is 24.2 Å². The lowest BCUT2D eigenvalue weighted by Gasteiger charge is -2.32. The van der Waals surface area contributed by atoms with Crippen LogP contribution in [0.15, 0.2) is 29.3 Å². The Morgan fingerprint density at radius 1 is 0.876 bits per heavy atom. The molecule has 1 unspecified atom stereocenters. The number of fused-ring (bicyclic) bond motifs is 4. The molecule has 4 aliphatic heterocycles. The molecule has 2 saturated heterocycles. The smallest absolute Gasteiger partial charge is 0.253 e. The maximum Gasteiger partial charge on any atom is 0.253 e. The third-order valence-corrected chi connectivity index (χ3v) is 21.8. The van der Waals surface area contributed by atoms with Crippen LogP contribution in [0.2, 0.25) is 0 Å². The number of methoxy groups -OCH3 is 1. The number of aromatic amines is 1. The van der Waals surface area contributed by atoms with Gasteiger partial charge in [-0.25, -0.2) is 0 Å². The molecule has 7 rings (SSSR count). The van der Waals surface area contributed by atoms with Gasteiger partial charge in [-0.3, -0.25) is 66.6 Å². The van der Waals surface area contributed by atoms with Crippen LogP contribution < -0.4 is 53.4 Å². The van der Waals surface area contributed by atoms with Crippen molar-refractivity contribution in [3.8, 4) is 5.75 Å². The fraction of sp³-hybridized carbons (Fsp3) is 0.656. The first-order valence-corrected chi connectivity index (χ1v) is 35.6. The van der Waals surface area contributed by atoms with Gasteiger partial charge in [0.25, 0.3) is 11.8 Å². The number of nitrogens with two attached hydrogens (primary N) is 2. The Kier molecular flexibility index (Phi) is 28.8. The van der Waals surface area contributed by atoms with Gasteiger partial charge >= 0.3 is 0 Å². The van der Waals surface area contributed by atoms with Crippen LogP contribution in [0.25, 0.3) is 10.9 Å². The largest absolute Gasteiger partial charge is 0.496 e. The number of piperidine rings is 1. The zero-order chi connectivity index (χ0) is 70.8. The molecule has 11 atom stereocenters. The second-order valence-electron chi connectivity index (χ2n) is 25.7. The number of primary amides is 1. The number of ether oxygens (including phenoxy) is 1. The maximum absolute atomic E-state index is 15.4.